The van der Waals surface area contributed by atoms with Gasteiger partial charge in [0.05, 0.1) is 0 Å². The van der Waals surface area contributed by atoms with Gasteiger partial charge in [0.15, 0.2) is 0 Å². The molecule has 2 N–H and O–H groups in total. The Morgan fingerprint density at radius 1 is 1.33 bits per heavy atom. The molecule has 1 fully saturated rings. The number of likely N-dealkylation sites (tertiary alicyclic amines) is 1. The van der Waals surface area contributed by atoms with E-state index < -0.39 is 5.97 Å². The zero-order valence-electron chi connectivity index (χ0n) is 11.8. The molecule has 1 saturated heterocycles. The molecular weight excluding hydrogens is 273 g/mol. The molecule has 1 aromatic rings. The summed E-state index contributed by atoms with van der Waals surface area (Å²) in [5, 5.41) is 17.7. The van der Waals surface area contributed by atoms with Crippen LogP contribution in [0.4, 0.5) is 4.39 Å². The number of carbonyl (C=O) groups is 1. The molecule has 0 unspecified atom stereocenters. The van der Waals surface area contributed by atoms with E-state index in [-0.39, 0.29) is 12.4 Å². The molecule has 1 aliphatic heterocycles. The zero-order valence-corrected chi connectivity index (χ0v) is 11.8. The Hall–Kier alpha value is -1.72. The zero-order chi connectivity index (χ0) is 15.2. The van der Waals surface area contributed by atoms with Gasteiger partial charge in [0.25, 0.3) is 0 Å². The number of nitrogens with zero attached hydrogens (tertiary/aromatic N) is 1. The first-order valence-corrected chi connectivity index (χ1v) is 7.10. The number of benzene rings is 1. The van der Waals surface area contributed by atoms with Crippen LogP contribution in [0.1, 0.15) is 24.0 Å². The number of aliphatic hydroxyl groups is 1. The third-order valence-electron chi connectivity index (χ3n) is 3.77. The van der Waals surface area contributed by atoms with Crippen LogP contribution in [-0.2, 0) is 11.3 Å². The molecule has 2 rings (SSSR count). The summed E-state index contributed by atoms with van der Waals surface area (Å²) >= 11 is 0. The van der Waals surface area contributed by atoms with Crippen LogP contribution in [0.2, 0.25) is 0 Å². The number of carboxylic acid groups (broad SMARTS) is 1. The number of carboxylic acids is 1. The van der Waals surface area contributed by atoms with Crippen molar-refractivity contribution < 1.29 is 19.4 Å². The lowest BCUT2D eigenvalue weighted by atomic mass is 9.97. The van der Waals surface area contributed by atoms with Gasteiger partial charge in [-0.1, -0.05) is 6.07 Å². The van der Waals surface area contributed by atoms with E-state index >= 15 is 0 Å². The van der Waals surface area contributed by atoms with E-state index in [4.69, 9.17) is 10.2 Å². The Kier molecular flexibility index (Phi) is 5.47. The number of piperidine rings is 1. The van der Waals surface area contributed by atoms with Gasteiger partial charge in [0, 0.05) is 19.2 Å². The third kappa shape index (κ3) is 4.95. The van der Waals surface area contributed by atoms with E-state index in [2.05, 4.69) is 4.90 Å². The summed E-state index contributed by atoms with van der Waals surface area (Å²) in [5.41, 5.74) is 1.39. The maximum absolute atomic E-state index is 13.6. The van der Waals surface area contributed by atoms with Gasteiger partial charge in [0.1, 0.15) is 5.82 Å². The fourth-order valence-corrected chi connectivity index (χ4v) is 2.62. The minimum atomic E-state index is -1.05. The van der Waals surface area contributed by atoms with Gasteiger partial charge in [-0.3, -0.25) is 4.90 Å². The van der Waals surface area contributed by atoms with Crippen LogP contribution in [-0.4, -0.2) is 40.8 Å². The standard InChI is InChI=1S/C16H20FNO3/c17-15-8-13(1-2-16(20)21)7-14(9-15)10-18-5-3-12(11-19)4-6-18/h1-2,7-9,12,19H,3-6,10-11H2,(H,20,21). The van der Waals surface area contributed by atoms with Crippen molar-refractivity contribution in [1.29, 1.82) is 0 Å². The number of hydrogen-bond acceptors (Lipinski definition) is 3. The fraction of sp³-hybridized carbons (Fsp3) is 0.438. The van der Waals surface area contributed by atoms with Crippen LogP contribution in [0.5, 0.6) is 0 Å². The van der Waals surface area contributed by atoms with E-state index in [1.165, 1.54) is 18.2 Å². The highest BCUT2D eigenvalue weighted by Crippen LogP contribution is 2.19. The van der Waals surface area contributed by atoms with Gasteiger partial charge >= 0.3 is 5.97 Å². The van der Waals surface area contributed by atoms with Gasteiger partial charge in [-0.25, -0.2) is 9.18 Å². The summed E-state index contributed by atoms with van der Waals surface area (Å²) < 4.78 is 13.6. The van der Waals surface area contributed by atoms with Crippen molar-refractivity contribution in [2.24, 2.45) is 5.92 Å². The quantitative estimate of drug-likeness (QED) is 0.817. The van der Waals surface area contributed by atoms with Crippen LogP contribution < -0.4 is 0 Å². The molecule has 1 heterocycles. The maximum atomic E-state index is 13.6. The van der Waals surface area contributed by atoms with E-state index in [0.29, 0.717) is 18.0 Å². The monoisotopic (exact) mass is 293 g/mol. The second-order valence-corrected chi connectivity index (χ2v) is 5.47. The number of rotatable bonds is 5. The third-order valence-corrected chi connectivity index (χ3v) is 3.77. The lowest BCUT2D eigenvalue weighted by Gasteiger charge is -2.31. The molecule has 1 aromatic carbocycles. The maximum Gasteiger partial charge on any atom is 0.328 e. The Balaban J connectivity index is 2.01. The second kappa shape index (κ2) is 7.33. The molecule has 114 valence electrons. The Labute approximate surface area is 123 Å². The van der Waals surface area contributed by atoms with Gasteiger partial charge < -0.3 is 10.2 Å². The normalized spacial score (nSPS) is 17.4. The number of aliphatic hydroxyl groups excluding tert-OH is 1. The SMILES string of the molecule is O=C(O)C=Cc1cc(F)cc(CN2CCC(CO)CC2)c1. The number of aliphatic carboxylic acids is 1. The topological polar surface area (TPSA) is 60.8 Å². The van der Waals surface area contributed by atoms with Crippen LogP contribution in [0.3, 0.4) is 0 Å². The van der Waals surface area contributed by atoms with Crippen molar-refractivity contribution in [3.63, 3.8) is 0 Å². The second-order valence-electron chi connectivity index (χ2n) is 5.47. The van der Waals surface area contributed by atoms with Crippen LogP contribution >= 0.6 is 0 Å². The minimum absolute atomic E-state index is 0.234. The van der Waals surface area contributed by atoms with Gasteiger partial charge in [-0.05, 0) is 61.2 Å². The van der Waals surface area contributed by atoms with Crippen molar-refractivity contribution in [3.05, 3.63) is 41.2 Å². The molecule has 0 aromatic heterocycles. The molecule has 0 bridgehead atoms. The van der Waals surface area contributed by atoms with Crippen LogP contribution in [0.15, 0.2) is 24.3 Å². The van der Waals surface area contributed by atoms with Crippen molar-refractivity contribution >= 4 is 12.0 Å². The van der Waals surface area contributed by atoms with Crippen molar-refractivity contribution in [2.75, 3.05) is 19.7 Å². The first-order chi connectivity index (χ1) is 10.1. The smallest absolute Gasteiger partial charge is 0.328 e. The predicted octanol–water partition coefficient (Wildman–Crippen LogP) is 2.13. The molecule has 0 aliphatic carbocycles. The van der Waals surface area contributed by atoms with Gasteiger partial charge in [-0.15, -0.1) is 0 Å². The summed E-state index contributed by atoms with van der Waals surface area (Å²) in [7, 11) is 0. The lowest BCUT2D eigenvalue weighted by Crippen LogP contribution is -2.34. The molecular formula is C16H20FNO3. The number of hydrogen-bond donors (Lipinski definition) is 2. The van der Waals surface area contributed by atoms with Crippen LogP contribution in [0, 0.1) is 11.7 Å². The molecule has 4 nitrogen and oxygen atoms in total. The Morgan fingerprint density at radius 3 is 2.67 bits per heavy atom. The molecule has 5 heteroatoms. The van der Waals surface area contributed by atoms with Crippen molar-refractivity contribution in [1.82, 2.24) is 4.90 Å². The first kappa shape index (κ1) is 15.7. The first-order valence-electron chi connectivity index (χ1n) is 7.10. The summed E-state index contributed by atoms with van der Waals surface area (Å²) in [6, 6.07) is 4.61. The molecule has 0 atom stereocenters. The summed E-state index contributed by atoms with van der Waals surface area (Å²) in [5.74, 6) is -1.03. The Morgan fingerprint density at radius 2 is 2.05 bits per heavy atom. The highest BCUT2D eigenvalue weighted by Gasteiger charge is 2.18. The Bertz CT molecular complexity index is 522. The molecule has 0 radical (unpaired) electrons. The van der Waals surface area contributed by atoms with Crippen molar-refractivity contribution in [2.45, 2.75) is 19.4 Å². The van der Waals surface area contributed by atoms with Crippen LogP contribution in [0.25, 0.3) is 6.08 Å². The summed E-state index contributed by atoms with van der Waals surface area (Å²) in [6.07, 6.45) is 4.31. The number of halogens is 1. The summed E-state index contributed by atoms with van der Waals surface area (Å²) in [6.45, 7) is 2.66. The summed E-state index contributed by atoms with van der Waals surface area (Å²) in [4.78, 5) is 12.7. The highest BCUT2D eigenvalue weighted by molar-refractivity contribution is 5.85. The highest BCUT2D eigenvalue weighted by atomic mass is 19.1. The average Bonchev–Trinajstić information content (AvgIpc) is 2.45. The molecule has 21 heavy (non-hydrogen) atoms. The minimum Gasteiger partial charge on any atom is -0.478 e. The predicted molar refractivity (Wildman–Crippen MR) is 78.2 cm³/mol. The lowest BCUT2D eigenvalue weighted by molar-refractivity contribution is -0.131. The molecule has 0 saturated carbocycles. The van der Waals surface area contributed by atoms with Crippen molar-refractivity contribution in [3.8, 4) is 0 Å². The van der Waals surface area contributed by atoms with E-state index in [0.717, 1.165) is 37.6 Å². The largest absolute Gasteiger partial charge is 0.478 e. The average molecular weight is 293 g/mol. The van der Waals surface area contributed by atoms with E-state index in [9.17, 15) is 9.18 Å². The fourth-order valence-electron chi connectivity index (χ4n) is 2.62. The molecule has 0 spiro atoms. The van der Waals surface area contributed by atoms with Gasteiger partial charge in [-0.2, -0.15) is 0 Å². The van der Waals surface area contributed by atoms with E-state index in [1.807, 2.05) is 0 Å². The van der Waals surface area contributed by atoms with E-state index in [1.54, 1.807) is 6.07 Å². The molecule has 0 amide bonds. The van der Waals surface area contributed by atoms with Gasteiger partial charge in [0.2, 0.25) is 0 Å². The molecule has 1 aliphatic rings.